The number of nitrogens with one attached hydrogen (secondary N) is 2. The number of hydrogen-bond acceptors (Lipinski definition) is 6. The molecule has 212 valence electrons. The highest BCUT2D eigenvalue weighted by Crippen LogP contribution is 2.46. The lowest BCUT2D eigenvalue weighted by Gasteiger charge is -2.49. The monoisotopic (exact) mass is 547 g/mol. The number of rotatable bonds is 4. The number of H-pyrrole nitrogens is 1. The third-order valence-corrected chi connectivity index (χ3v) is 9.55. The van der Waals surface area contributed by atoms with Gasteiger partial charge in [0.05, 0.1) is 5.92 Å². The second-order valence-corrected chi connectivity index (χ2v) is 12.7. The number of amides is 3. The summed E-state index contributed by atoms with van der Waals surface area (Å²) in [5, 5.41) is 15.9. The summed E-state index contributed by atoms with van der Waals surface area (Å²) in [6.45, 7) is 6.46. The number of likely N-dealkylation sites (N-methyl/N-ethyl adjacent to an activating group) is 1. The molecule has 7 rings (SSSR count). The lowest BCUT2D eigenvalue weighted by molar-refractivity contribution is -0.315. The Morgan fingerprint density at radius 3 is 2.88 bits per heavy atom. The minimum absolute atomic E-state index is 0.115. The van der Waals surface area contributed by atoms with Crippen LogP contribution in [-0.2, 0) is 25.5 Å². The molecule has 3 amide bonds. The second kappa shape index (κ2) is 8.64. The van der Waals surface area contributed by atoms with E-state index in [4.69, 9.17) is 4.74 Å². The van der Waals surface area contributed by atoms with Crippen molar-refractivity contribution in [3.8, 4) is 0 Å². The first-order chi connectivity index (χ1) is 19.0. The Balaban J connectivity index is 1.20. The first kappa shape index (κ1) is 25.7. The third kappa shape index (κ3) is 3.48. The van der Waals surface area contributed by atoms with E-state index < -0.39 is 35.5 Å². The van der Waals surface area contributed by atoms with E-state index >= 15 is 0 Å². The highest BCUT2D eigenvalue weighted by molar-refractivity contribution is 6.00. The summed E-state index contributed by atoms with van der Waals surface area (Å²) in [5.74, 6) is -3.48. The van der Waals surface area contributed by atoms with Gasteiger partial charge in [-0.2, -0.15) is 0 Å². The molecule has 1 aromatic heterocycles. The average Bonchev–Trinajstić information content (AvgIpc) is 3.60. The fourth-order valence-electron chi connectivity index (χ4n) is 7.76. The van der Waals surface area contributed by atoms with E-state index in [9.17, 15) is 19.5 Å². The van der Waals surface area contributed by atoms with Gasteiger partial charge in [-0.3, -0.25) is 28.9 Å². The van der Waals surface area contributed by atoms with Crippen LogP contribution < -0.4 is 5.32 Å². The van der Waals surface area contributed by atoms with Crippen LogP contribution in [0.4, 0.5) is 0 Å². The summed E-state index contributed by atoms with van der Waals surface area (Å²) in [5.41, 5.74) is 2.78. The number of piperazine rings is 1. The molecule has 40 heavy (non-hydrogen) atoms. The number of nitrogens with zero attached hydrogens (tertiary/aromatic N) is 3. The van der Waals surface area contributed by atoms with Crippen LogP contribution in [0.1, 0.15) is 51.2 Å². The van der Waals surface area contributed by atoms with Crippen molar-refractivity contribution in [2.45, 2.75) is 76.2 Å². The Labute approximate surface area is 233 Å². The Kier molecular flexibility index (Phi) is 5.56. The van der Waals surface area contributed by atoms with E-state index in [2.05, 4.69) is 33.5 Å². The second-order valence-electron chi connectivity index (χ2n) is 12.7. The maximum Gasteiger partial charge on any atom is 0.280 e. The van der Waals surface area contributed by atoms with Gasteiger partial charge in [0.15, 0.2) is 0 Å². The third-order valence-electron chi connectivity index (χ3n) is 9.55. The average molecular weight is 548 g/mol. The molecule has 10 heteroatoms. The van der Waals surface area contributed by atoms with Crippen LogP contribution in [-0.4, -0.2) is 92.4 Å². The minimum atomic E-state index is -1.99. The van der Waals surface area contributed by atoms with Gasteiger partial charge in [0.2, 0.25) is 17.5 Å². The van der Waals surface area contributed by atoms with Crippen molar-refractivity contribution in [2.24, 2.45) is 11.8 Å². The van der Waals surface area contributed by atoms with Gasteiger partial charge in [0, 0.05) is 36.2 Å². The maximum atomic E-state index is 14.0. The molecular weight excluding hydrogens is 510 g/mol. The predicted molar refractivity (Wildman–Crippen MR) is 147 cm³/mol. The summed E-state index contributed by atoms with van der Waals surface area (Å²) in [7, 11) is 2.02. The SMILES string of the molecule is CC(C)C[C@H]1C(=O)N2CCC[C@H]2[C@]2(O)O[C@@](C)(NC(=O)[C@@H]3C=C4c5cccc6[nH]cc(c56)C[C@@H]4N(C)C3)C(=O)N12. The molecular formula is C30H37N5O5. The molecule has 3 saturated heterocycles. The summed E-state index contributed by atoms with van der Waals surface area (Å²) in [6.07, 6.45) is 6.61. The predicted octanol–water partition coefficient (Wildman–Crippen LogP) is 1.79. The van der Waals surface area contributed by atoms with Gasteiger partial charge in [-0.15, -0.1) is 0 Å². The fourth-order valence-corrected chi connectivity index (χ4v) is 7.76. The van der Waals surface area contributed by atoms with Gasteiger partial charge in [0.1, 0.15) is 12.1 Å². The molecule has 2 aromatic rings. The zero-order valence-corrected chi connectivity index (χ0v) is 23.4. The first-order valence-electron chi connectivity index (χ1n) is 14.4. The van der Waals surface area contributed by atoms with E-state index in [0.29, 0.717) is 25.9 Å². The van der Waals surface area contributed by atoms with Gasteiger partial charge in [0.25, 0.3) is 11.8 Å². The van der Waals surface area contributed by atoms with E-state index in [1.807, 2.05) is 33.0 Å². The Bertz CT molecular complexity index is 1470. The lowest BCUT2D eigenvalue weighted by Crippen LogP contribution is -2.71. The van der Waals surface area contributed by atoms with Crippen molar-refractivity contribution in [3.63, 3.8) is 0 Å². The van der Waals surface area contributed by atoms with Crippen LogP contribution in [0.5, 0.6) is 0 Å². The van der Waals surface area contributed by atoms with Gasteiger partial charge in [-0.05, 0) is 68.3 Å². The van der Waals surface area contributed by atoms with Crippen LogP contribution >= 0.6 is 0 Å². The van der Waals surface area contributed by atoms with Crippen molar-refractivity contribution >= 4 is 34.2 Å². The number of aromatic amines is 1. The molecule has 0 bridgehead atoms. The molecule has 1 aromatic carbocycles. The van der Waals surface area contributed by atoms with Crippen LogP contribution in [0.15, 0.2) is 30.5 Å². The highest BCUT2D eigenvalue weighted by atomic mass is 16.7. The molecule has 10 nitrogen and oxygen atoms in total. The number of carbonyl (C=O) groups is 3. The molecule has 5 aliphatic rings. The van der Waals surface area contributed by atoms with Gasteiger partial charge in [-0.1, -0.05) is 32.1 Å². The van der Waals surface area contributed by atoms with Crippen LogP contribution in [0, 0.1) is 11.8 Å². The summed E-state index contributed by atoms with van der Waals surface area (Å²) < 4.78 is 6.17. The molecule has 3 N–H and O–H groups in total. The normalized spacial score (nSPS) is 35.2. The van der Waals surface area contributed by atoms with Crippen molar-refractivity contribution in [1.82, 2.24) is 25.0 Å². The van der Waals surface area contributed by atoms with Crippen LogP contribution in [0.2, 0.25) is 0 Å². The quantitative estimate of drug-likeness (QED) is 0.537. The topological polar surface area (TPSA) is 118 Å². The number of ether oxygens (including phenoxy) is 1. The zero-order valence-electron chi connectivity index (χ0n) is 23.4. The van der Waals surface area contributed by atoms with Gasteiger partial charge >= 0.3 is 0 Å². The van der Waals surface area contributed by atoms with Crippen molar-refractivity contribution in [1.29, 1.82) is 0 Å². The van der Waals surface area contributed by atoms with Crippen molar-refractivity contribution in [2.75, 3.05) is 20.1 Å². The largest absolute Gasteiger partial charge is 0.361 e. The zero-order chi connectivity index (χ0) is 28.1. The number of aliphatic hydroxyl groups is 1. The van der Waals surface area contributed by atoms with Crippen molar-refractivity contribution < 1.29 is 24.2 Å². The summed E-state index contributed by atoms with van der Waals surface area (Å²) in [6, 6.07) is 4.84. The van der Waals surface area contributed by atoms with E-state index in [-0.39, 0.29) is 23.8 Å². The maximum absolute atomic E-state index is 14.0. The molecule has 0 spiro atoms. The molecule has 5 heterocycles. The molecule has 0 saturated carbocycles. The highest BCUT2D eigenvalue weighted by Gasteiger charge is 2.70. The van der Waals surface area contributed by atoms with E-state index in [1.54, 1.807) is 4.90 Å². The Hall–Kier alpha value is -3.21. The fraction of sp³-hybridized carbons (Fsp3) is 0.567. The Morgan fingerprint density at radius 1 is 1.30 bits per heavy atom. The summed E-state index contributed by atoms with van der Waals surface area (Å²) in [4.78, 5) is 49.7. The number of carbonyl (C=O) groups excluding carboxylic acids is 3. The summed E-state index contributed by atoms with van der Waals surface area (Å²) >= 11 is 0. The standard InChI is InChI=1S/C30H37N5O5/c1-16(2)11-23-27(37)34-10-6-9-24(34)30(39)35(23)28(38)29(3,40-30)32-26(36)18-12-20-19-7-5-8-21-25(19)17(14-31-21)13-22(20)33(4)15-18/h5,7-8,12,14,16,18,22-24,31,39H,6,9-11,13,15H2,1-4H3,(H,32,36)/t18-,22+,23+,24+,29-,30+/m1/s1. The molecule has 0 unspecified atom stereocenters. The minimum Gasteiger partial charge on any atom is -0.361 e. The number of aromatic nitrogens is 1. The first-order valence-corrected chi connectivity index (χ1v) is 14.4. The van der Waals surface area contributed by atoms with E-state index in [0.717, 1.165) is 29.5 Å². The molecule has 1 aliphatic carbocycles. The van der Waals surface area contributed by atoms with Crippen LogP contribution in [0.25, 0.3) is 16.5 Å². The van der Waals surface area contributed by atoms with E-state index in [1.165, 1.54) is 22.8 Å². The van der Waals surface area contributed by atoms with Crippen molar-refractivity contribution in [3.05, 3.63) is 41.6 Å². The van der Waals surface area contributed by atoms with Gasteiger partial charge < -0.3 is 20.3 Å². The van der Waals surface area contributed by atoms with Crippen LogP contribution in [0.3, 0.4) is 0 Å². The molecule has 4 aliphatic heterocycles. The molecule has 0 radical (unpaired) electrons. The number of hydrogen-bond donors (Lipinski definition) is 3. The Morgan fingerprint density at radius 2 is 2.10 bits per heavy atom. The number of benzene rings is 1. The lowest BCUT2D eigenvalue weighted by atomic mass is 9.79. The smallest absolute Gasteiger partial charge is 0.280 e. The molecule has 6 atom stereocenters. The molecule has 3 fully saturated rings. The van der Waals surface area contributed by atoms with Gasteiger partial charge in [-0.25, -0.2) is 0 Å². The number of fused-ring (bicyclic) bond motifs is 5.